The molecule has 1 aromatic heterocycles. The first-order valence-corrected chi connectivity index (χ1v) is 7.60. The molecule has 0 atom stereocenters. The molecule has 0 saturated carbocycles. The maximum atomic E-state index is 12.4. The highest BCUT2D eigenvalue weighted by Crippen LogP contribution is 2.28. The van der Waals surface area contributed by atoms with Gasteiger partial charge in [-0.1, -0.05) is 11.3 Å². The van der Waals surface area contributed by atoms with Crippen molar-refractivity contribution in [3.05, 3.63) is 4.88 Å². The van der Waals surface area contributed by atoms with Crippen LogP contribution in [0.5, 0.6) is 0 Å². The van der Waals surface area contributed by atoms with Crippen LogP contribution in [0.2, 0.25) is 0 Å². The number of carbonyl (C=O) groups excluding carboxylic acids is 2. The molecule has 1 heterocycles. The number of amides is 2. The summed E-state index contributed by atoms with van der Waals surface area (Å²) in [5, 5.41) is 0.730. The van der Waals surface area contributed by atoms with Crippen LogP contribution in [0.15, 0.2) is 0 Å². The predicted octanol–water partition coefficient (Wildman–Crippen LogP) is 0.732. The van der Waals surface area contributed by atoms with Gasteiger partial charge in [0.25, 0.3) is 5.91 Å². The van der Waals surface area contributed by atoms with E-state index in [1.54, 1.807) is 21.1 Å². The number of carbonyl (C=O) groups is 2. The van der Waals surface area contributed by atoms with Gasteiger partial charge in [-0.2, -0.15) is 0 Å². The lowest BCUT2D eigenvalue weighted by atomic mass is 10.4. The zero-order valence-corrected chi connectivity index (χ0v) is 14.0. The Morgan fingerprint density at radius 3 is 2.24 bits per heavy atom. The van der Waals surface area contributed by atoms with Crippen molar-refractivity contribution in [1.82, 2.24) is 14.8 Å². The third-order valence-corrected chi connectivity index (χ3v) is 4.21. The Hall–Kier alpha value is -1.83. The molecule has 8 heteroatoms. The van der Waals surface area contributed by atoms with E-state index in [0.717, 1.165) is 18.2 Å². The molecular weight excluding hydrogens is 290 g/mol. The standard InChI is InChI=1S/C13H23N5O2S/c1-6-18(7-2)13-15-11(14)10(21-13)12(20)17(5)8-9(19)16(3)4/h6-8,14H2,1-5H3. The van der Waals surface area contributed by atoms with Crippen molar-refractivity contribution in [2.45, 2.75) is 13.8 Å². The van der Waals surface area contributed by atoms with E-state index >= 15 is 0 Å². The Morgan fingerprint density at radius 2 is 1.76 bits per heavy atom. The molecule has 0 spiro atoms. The molecule has 0 aliphatic heterocycles. The first-order chi connectivity index (χ1) is 9.81. The minimum atomic E-state index is -0.279. The Kier molecular flexibility index (Phi) is 5.95. The first-order valence-electron chi connectivity index (χ1n) is 6.78. The molecule has 2 amide bonds. The van der Waals surface area contributed by atoms with E-state index in [0.29, 0.717) is 4.88 Å². The van der Waals surface area contributed by atoms with E-state index in [9.17, 15) is 9.59 Å². The van der Waals surface area contributed by atoms with E-state index in [4.69, 9.17) is 5.73 Å². The maximum Gasteiger partial charge on any atom is 0.268 e. The molecular formula is C13H23N5O2S. The maximum absolute atomic E-state index is 12.4. The van der Waals surface area contributed by atoms with Crippen molar-refractivity contribution in [3.63, 3.8) is 0 Å². The number of thiazole rings is 1. The predicted molar refractivity (Wildman–Crippen MR) is 85.7 cm³/mol. The fraction of sp³-hybridized carbons (Fsp3) is 0.615. The van der Waals surface area contributed by atoms with Gasteiger partial charge in [-0.05, 0) is 13.8 Å². The van der Waals surface area contributed by atoms with E-state index in [1.807, 2.05) is 18.7 Å². The van der Waals surface area contributed by atoms with Gasteiger partial charge in [0.15, 0.2) is 5.13 Å². The molecule has 0 bridgehead atoms. The fourth-order valence-corrected chi connectivity index (χ4v) is 2.80. The minimum absolute atomic E-state index is 0.0176. The molecule has 0 fully saturated rings. The molecule has 0 aromatic carbocycles. The van der Waals surface area contributed by atoms with Crippen molar-refractivity contribution >= 4 is 34.1 Å². The van der Waals surface area contributed by atoms with Crippen LogP contribution in [0.1, 0.15) is 23.5 Å². The molecule has 1 aromatic rings. The third kappa shape index (κ3) is 4.07. The van der Waals surface area contributed by atoms with Gasteiger partial charge in [-0.15, -0.1) is 0 Å². The largest absolute Gasteiger partial charge is 0.382 e. The van der Waals surface area contributed by atoms with Crippen LogP contribution in [0.4, 0.5) is 10.9 Å². The van der Waals surface area contributed by atoms with Crippen molar-refractivity contribution in [2.75, 3.05) is 51.4 Å². The first kappa shape index (κ1) is 17.2. The molecule has 0 radical (unpaired) electrons. The Balaban J connectivity index is 2.90. The van der Waals surface area contributed by atoms with Crippen molar-refractivity contribution < 1.29 is 9.59 Å². The SMILES string of the molecule is CCN(CC)c1nc(N)c(C(=O)N(C)CC(=O)N(C)C)s1. The van der Waals surface area contributed by atoms with E-state index in [-0.39, 0.29) is 24.2 Å². The van der Waals surface area contributed by atoms with E-state index < -0.39 is 0 Å². The number of anilines is 2. The number of nitrogen functional groups attached to an aromatic ring is 1. The highest BCUT2D eigenvalue weighted by atomic mass is 32.1. The highest BCUT2D eigenvalue weighted by molar-refractivity contribution is 7.18. The summed E-state index contributed by atoms with van der Waals surface area (Å²) in [5.74, 6) is -0.201. The second kappa shape index (κ2) is 7.26. The number of likely N-dealkylation sites (N-methyl/N-ethyl adjacent to an activating group) is 2. The summed E-state index contributed by atoms with van der Waals surface area (Å²) in [5.41, 5.74) is 5.85. The van der Waals surface area contributed by atoms with Crippen LogP contribution in [0.25, 0.3) is 0 Å². The monoisotopic (exact) mass is 313 g/mol. The molecule has 0 saturated heterocycles. The van der Waals surface area contributed by atoms with Gasteiger partial charge in [0.05, 0.1) is 6.54 Å². The molecule has 118 valence electrons. The van der Waals surface area contributed by atoms with Gasteiger partial charge in [0, 0.05) is 34.2 Å². The average molecular weight is 313 g/mol. The third-order valence-electron chi connectivity index (χ3n) is 3.09. The van der Waals surface area contributed by atoms with Crippen molar-refractivity contribution in [3.8, 4) is 0 Å². The summed E-state index contributed by atoms with van der Waals surface area (Å²) in [6, 6.07) is 0. The van der Waals surface area contributed by atoms with Crippen LogP contribution < -0.4 is 10.6 Å². The van der Waals surface area contributed by atoms with Gasteiger partial charge in [-0.25, -0.2) is 4.98 Å². The van der Waals surface area contributed by atoms with Gasteiger partial charge in [-0.3, -0.25) is 9.59 Å². The number of aromatic nitrogens is 1. The summed E-state index contributed by atoms with van der Waals surface area (Å²) >= 11 is 1.26. The average Bonchev–Trinajstić information content (AvgIpc) is 2.80. The summed E-state index contributed by atoms with van der Waals surface area (Å²) in [4.78, 5) is 33.5. The molecule has 0 aliphatic rings. The zero-order chi connectivity index (χ0) is 16.2. The van der Waals surface area contributed by atoms with Gasteiger partial charge in [0.2, 0.25) is 5.91 Å². The molecule has 1 rings (SSSR count). The number of hydrogen-bond donors (Lipinski definition) is 1. The van der Waals surface area contributed by atoms with Gasteiger partial charge < -0.3 is 20.4 Å². The van der Waals surface area contributed by atoms with E-state index in [2.05, 4.69) is 4.98 Å². The Bertz CT molecular complexity index is 511. The van der Waals surface area contributed by atoms with Crippen LogP contribution >= 0.6 is 11.3 Å². The van der Waals surface area contributed by atoms with Crippen molar-refractivity contribution in [2.24, 2.45) is 0 Å². The molecule has 0 unspecified atom stereocenters. The van der Waals surface area contributed by atoms with Crippen LogP contribution in [-0.2, 0) is 4.79 Å². The normalized spacial score (nSPS) is 10.3. The molecule has 7 nitrogen and oxygen atoms in total. The highest BCUT2D eigenvalue weighted by Gasteiger charge is 2.23. The quantitative estimate of drug-likeness (QED) is 0.837. The number of nitrogens with zero attached hydrogens (tertiary/aromatic N) is 4. The number of nitrogens with two attached hydrogens (primary N) is 1. The second-order valence-corrected chi connectivity index (χ2v) is 5.81. The van der Waals surface area contributed by atoms with Crippen LogP contribution in [0.3, 0.4) is 0 Å². The summed E-state index contributed by atoms with van der Waals surface area (Å²) in [6.07, 6.45) is 0. The number of rotatable bonds is 6. The topological polar surface area (TPSA) is 82.8 Å². The Morgan fingerprint density at radius 1 is 1.19 bits per heavy atom. The lowest BCUT2D eigenvalue weighted by Gasteiger charge is -2.18. The fourth-order valence-electron chi connectivity index (χ4n) is 1.69. The second-order valence-electron chi connectivity index (χ2n) is 4.83. The number of hydrogen-bond acceptors (Lipinski definition) is 6. The molecule has 21 heavy (non-hydrogen) atoms. The smallest absolute Gasteiger partial charge is 0.268 e. The summed E-state index contributed by atoms with van der Waals surface area (Å²) in [6.45, 7) is 5.65. The lowest BCUT2D eigenvalue weighted by Crippen LogP contribution is -2.37. The van der Waals surface area contributed by atoms with Crippen molar-refractivity contribution in [1.29, 1.82) is 0 Å². The Labute approximate surface area is 129 Å². The molecule has 2 N–H and O–H groups in total. The minimum Gasteiger partial charge on any atom is -0.382 e. The van der Waals surface area contributed by atoms with Crippen LogP contribution in [-0.4, -0.2) is 67.4 Å². The van der Waals surface area contributed by atoms with Gasteiger partial charge in [0.1, 0.15) is 10.7 Å². The molecule has 0 aliphatic carbocycles. The lowest BCUT2D eigenvalue weighted by molar-refractivity contribution is -0.129. The van der Waals surface area contributed by atoms with Crippen LogP contribution in [0, 0.1) is 0 Å². The van der Waals surface area contributed by atoms with E-state index in [1.165, 1.54) is 21.1 Å². The summed E-state index contributed by atoms with van der Waals surface area (Å²) in [7, 11) is 4.89. The zero-order valence-electron chi connectivity index (χ0n) is 13.2. The van der Waals surface area contributed by atoms with Gasteiger partial charge >= 0.3 is 0 Å². The summed E-state index contributed by atoms with van der Waals surface area (Å²) < 4.78 is 0.